The number of hydrogen-bond acceptors (Lipinski definition) is 4. The lowest BCUT2D eigenvalue weighted by Gasteiger charge is -2.07. The van der Waals surface area contributed by atoms with E-state index in [2.05, 4.69) is 9.97 Å². The van der Waals surface area contributed by atoms with Gasteiger partial charge in [-0.15, -0.1) is 0 Å². The number of nitrogens with zero attached hydrogens (tertiary/aromatic N) is 2. The van der Waals surface area contributed by atoms with Crippen molar-refractivity contribution in [3.05, 3.63) is 41.3 Å². The number of ether oxygens (including phenoxy) is 1. The summed E-state index contributed by atoms with van der Waals surface area (Å²) >= 11 is 5.87. The van der Waals surface area contributed by atoms with E-state index in [-0.39, 0.29) is 0 Å². The molecule has 0 amide bonds. The smallest absolute Gasteiger partial charge is 0.241 e. The third-order valence-corrected chi connectivity index (χ3v) is 2.35. The second-order valence-corrected chi connectivity index (χ2v) is 3.70. The summed E-state index contributed by atoms with van der Waals surface area (Å²) in [5.41, 5.74) is 7.37. The molecule has 16 heavy (non-hydrogen) atoms. The molecule has 1 aromatic carbocycles. The first-order valence-corrected chi connectivity index (χ1v) is 5.04. The van der Waals surface area contributed by atoms with E-state index in [0.29, 0.717) is 16.7 Å². The number of nitrogen functional groups attached to an aromatic ring is 1. The number of rotatable bonds is 2. The Balaban J connectivity index is 2.28. The Bertz CT molecular complexity index is 516. The molecular weight excluding hydrogens is 226 g/mol. The minimum atomic E-state index is 0.334. The van der Waals surface area contributed by atoms with E-state index >= 15 is 0 Å². The van der Waals surface area contributed by atoms with Gasteiger partial charge < -0.3 is 10.5 Å². The van der Waals surface area contributed by atoms with Gasteiger partial charge in [0.2, 0.25) is 5.88 Å². The Morgan fingerprint density at radius 2 is 2.19 bits per heavy atom. The molecule has 2 rings (SSSR count). The Morgan fingerprint density at radius 1 is 1.38 bits per heavy atom. The van der Waals surface area contributed by atoms with Crippen LogP contribution in [-0.4, -0.2) is 9.97 Å². The summed E-state index contributed by atoms with van der Waals surface area (Å²) in [6.45, 7) is 1.91. The highest BCUT2D eigenvalue weighted by Gasteiger charge is 2.05. The second-order valence-electron chi connectivity index (χ2n) is 3.30. The molecule has 5 heteroatoms. The van der Waals surface area contributed by atoms with Crippen molar-refractivity contribution < 1.29 is 4.74 Å². The number of hydrogen-bond donors (Lipinski definition) is 1. The number of nitrogens with two attached hydrogens (primary N) is 1. The molecule has 0 fully saturated rings. The van der Waals surface area contributed by atoms with Crippen LogP contribution in [0.5, 0.6) is 11.6 Å². The molecule has 0 radical (unpaired) electrons. The van der Waals surface area contributed by atoms with Crippen molar-refractivity contribution in [3.8, 4) is 11.6 Å². The van der Waals surface area contributed by atoms with Gasteiger partial charge in [0.05, 0.1) is 6.20 Å². The minimum absolute atomic E-state index is 0.334. The van der Waals surface area contributed by atoms with Crippen LogP contribution in [0.3, 0.4) is 0 Å². The second kappa shape index (κ2) is 4.37. The van der Waals surface area contributed by atoms with Crippen molar-refractivity contribution in [3.63, 3.8) is 0 Å². The molecule has 0 aliphatic carbocycles. The molecule has 0 aliphatic heterocycles. The predicted octanol–water partition coefficient (Wildman–Crippen LogP) is 2.81. The Labute approximate surface area is 98.0 Å². The molecule has 2 N–H and O–H groups in total. The van der Waals surface area contributed by atoms with Crippen LogP contribution in [0, 0.1) is 6.92 Å². The minimum Gasteiger partial charge on any atom is -0.437 e. The SMILES string of the molecule is Cc1cc(Oc2ncncc2Cl)ccc1N. The Hall–Kier alpha value is -1.81. The van der Waals surface area contributed by atoms with Crippen LogP contribution in [0.4, 0.5) is 5.69 Å². The van der Waals surface area contributed by atoms with Gasteiger partial charge in [-0.05, 0) is 30.7 Å². The van der Waals surface area contributed by atoms with Crippen molar-refractivity contribution in [1.82, 2.24) is 9.97 Å². The summed E-state index contributed by atoms with van der Waals surface area (Å²) in [5.74, 6) is 0.980. The van der Waals surface area contributed by atoms with E-state index in [1.807, 2.05) is 13.0 Å². The van der Waals surface area contributed by atoms with Gasteiger partial charge >= 0.3 is 0 Å². The zero-order valence-corrected chi connectivity index (χ0v) is 9.40. The van der Waals surface area contributed by atoms with Gasteiger partial charge in [0.15, 0.2) is 0 Å². The standard InChI is InChI=1S/C11H10ClN3O/c1-7-4-8(2-3-10(7)13)16-11-9(12)5-14-6-15-11/h2-6H,13H2,1H3. The highest BCUT2D eigenvalue weighted by Crippen LogP contribution is 2.27. The van der Waals surface area contributed by atoms with Gasteiger partial charge in [-0.25, -0.2) is 9.97 Å². The summed E-state index contributed by atoms with van der Waals surface area (Å²) in [6.07, 6.45) is 2.86. The Morgan fingerprint density at radius 3 is 2.88 bits per heavy atom. The third-order valence-electron chi connectivity index (χ3n) is 2.09. The van der Waals surface area contributed by atoms with E-state index in [0.717, 1.165) is 11.3 Å². The molecule has 82 valence electrons. The molecular formula is C11H10ClN3O. The van der Waals surface area contributed by atoms with Gasteiger partial charge in [-0.2, -0.15) is 0 Å². The van der Waals surface area contributed by atoms with E-state index < -0.39 is 0 Å². The quantitative estimate of drug-likeness (QED) is 0.813. The van der Waals surface area contributed by atoms with E-state index in [4.69, 9.17) is 22.1 Å². The fourth-order valence-corrected chi connectivity index (χ4v) is 1.34. The van der Waals surface area contributed by atoms with Gasteiger partial charge in [-0.1, -0.05) is 11.6 Å². The van der Waals surface area contributed by atoms with Crippen molar-refractivity contribution >= 4 is 17.3 Å². The predicted molar refractivity (Wildman–Crippen MR) is 62.7 cm³/mol. The van der Waals surface area contributed by atoms with Crippen LogP contribution in [0.2, 0.25) is 5.02 Å². The maximum absolute atomic E-state index is 5.87. The maximum Gasteiger partial charge on any atom is 0.241 e. The fourth-order valence-electron chi connectivity index (χ4n) is 1.20. The lowest BCUT2D eigenvalue weighted by molar-refractivity contribution is 0.461. The molecule has 1 aromatic heterocycles. The van der Waals surface area contributed by atoms with Crippen LogP contribution < -0.4 is 10.5 Å². The molecule has 1 heterocycles. The van der Waals surface area contributed by atoms with Crippen LogP contribution in [0.25, 0.3) is 0 Å². The average Bonchev–Trinajstić information content (AvgIpc) is 2.27. The number of aryl methyl sites for hydroxylation is 1. The number of halogens is 1. The number of anilines is 1. The highest BCUT2D eigenvalue weighted by atomic mass is 35.5. The monoisotopic (exact) mass is 235 g/mol. The molecule has 0 saturated heterocycles. The molecule has 0 aliphatic rings. The molecule has 0 spiro atoms. The summed E-state index contributed by atoms with van der Waals surface area (Å²) in [7, 11) is 0. The zero-order chi connectivity index (χ0) is 11.5. The fraction of sp³-hybridized carbons (Fsp3) is 0.0909. The third kappa shape index (κ3) is 2.23. The number of benzene rings is 1. The first kappa shape index (κ1) is 10.7. The molecule has 4 nitrogen and oxygen atoms in total. The summed E-state index contributed by atoms with van der Waals surface area (Å²) in [6, 6.07) is 5.37. The topological polar surface area (TPSA) is 61.0 Å². The van der Waals surface area contributed by atoms with Crippen molar-refractivity contribution in [2.24, 2.45) is 0 Å². The largest absolute Gasteiger partial charge is 0.437 e. The summed E-state index contributed by atoms with van der Waals surface area (Å²) in [4.78, 5) is 7.70. The van der Waals surface area contributed by atoms with Crippen molar-refractivity contribution in [2.75, 3.05) is 5.73 Å². The van der Waals surface area contributed by atoms with Crippen molar-refractivity contribution in [1.29, 1.82) is 0 Å². The number of aromatic nitrogens is 2. The van der Waals surface area contributed by atoms with Crippen LogP contribution in [0.1, 0.15) is 5.56 Å². The maximum atomic E-state index is 5.87. The van der Waals surface area contributed by atoms with Crippen LogP contribution in [-0.2, 0) is 0 Å². The van der Waals surface area contributed by atoms with Crippen LogP contribution in [0.15, 0.2) is 30.7 Å². The molecule has 0 atom stereocenters. The van der Waals surface area contributed by atoms with Gasteiger partial charge in [0, 0.05) is 5.69 Å². The lowest BCUT2D eigenvalue weighted by Crippen LogP contribution is -1.93. The Kier molecular flexibility index (Phi) is 2.92. The highest BCUT2D eigenvalue weighted by molar-refractivity contribution is 6.31. The van der Waals surface area contributed by atoms with E-state index in [1.165, 1.54) is 12.5 Å². The average molecular weight is 236 g/mol. The zero-order valence-electron chi connectivity index (χ0n) is 8.64. The van der Waals surface area contributed by atoms with Crippen LogP contribution >= 0.6 is 11.6 Å². The first-order chi connectivity index (χ1) is 7.66. The normalized spacial score (nSPS) is 10.1. The van der Waals surface area contributed by atoms with E-state index in [1.54, 1.807) is 12.1 Å². The molecule has 2 aromatic rings. The molecule has 0 saturated carbocycles. The first-order valence-electron chi connectivity index (χ1n) is 4.66. The lowest BCUT2D eigenvalue weighted by atomic mass is 10.2. The summed E-state index contributed by atoms with van der Waals surface area (Å²) < 4.78 is 5.51. The molecule has 0 bridgehead atoms. The van der Waals surface area contributed by atoms with Gasteiger partial charge in [-0.3, -0.25) is 0 Å². The van der Waals surface area contributed by atoms with Crippen molar-refractivity contribution in [2.45, 2.75) is 6.92 Å². The van der Waals surface area contributed by atoms with Gasteiger partial charge in [0.25, 0.3) is 0 Å². The summed E-state index contributed by atoms with van der Waals surface area (Å²) in [5, 5.41) is 0.372. The molecule has 0 unspecified atom stereocenters. The van der Waals surface area contributed by atoms with Gasteiger partial charge in [0.1, 0.15) is 17.1 Å². The van der Waals surface area contributed by atoms with E-state index in [9.17, 15) is 0 Å².